The molecular weight excluding hydrogens is 344 g/mol. The molecule has 1 N–H and O–H groups in total. The van der Waals surface area contributed by atoms with E-state index in [1.54, 1.807) is 31.2 Å². The van der Waals surface area contributed by atoms with Gasteiger partial charge < -0.3 is 9.84 Å². The van der Waals surface area contributed by atoms with Gasteiger partial charge in [-0.05, 0) is 37.1 Å². The maximum absolute atomic E-state index is 13.6. The van der Waals surface area contributed by atoms with Crippen LogP contribution in [0.15, 0.2) is 48.5 Å². The molecule has 1 atom stereocenters. The standard InChI is InChI=1S/C19H19F2NO4/c1-3-22(18(25)26-12-13-7-5-4-6-8-13)19(2,17(23)24)14-9-15(20)11-16(21)10-14/h4-11H,3,12H2,1-2H3,(H,23,24). The average Bonchev–Trinajstić information content (AvgIpc) is 2.60. The SMILES string of the molecule is CCN(C(=O)OCc1ccccc1)C(C)(C(=O)O)c1cc(F)cc(F)c1. The van der Waals surface area contributed by atoms with E-state index in [4.69, 9.17) is 4.74 Å². The minimum absolute atomic E-state index is 0.0332. The van der Waals surface area contributed by atoms with Gasteiger partial charge in [-0.2, -0.15) is 0 Å². The number of amides is 1. The first-order valence-corrected chi connectivity index (χ1v) is 7.97. The van der Waals surface area contributed by atoms with Crippen molar-refractivity contribution in [3.63, 3.8) is 0 Å². The van der Waals surface area contributed by atoms with Crippen LogP contribution >= 0.6 is 0 Å². The molecule has 2 rings (SSSR count). The number of halogens is 2. The van der Waals surface area contributed by atoms with Gasteiger partial charge in [-0.15, -0.1) is 0 Å². The molecule has 0 heterocycles. The Balaban J connectivity index is 2.32. The average molecular weight is 363 g/mol. The molecule has 0 radical (unpaired) electrons. The van der Waals surface area contributed by atoms with E-state index in [1.165, 1.54) is 6.92 Å². The smallest absolute Gasteiger partial charge is 0.411 e. The summed E-state index contributed by atoms with van der Waals surface area (Å²) >= 11 is 0. The molecule has 138 valence electrons. The Labute approximate surface area is 149 Å². The predicted molar refractivity (Wildman–Crippen MR) is 90.4 cm³/mol. The molecule has 0 saturated heterocycles. The van der Waals surface area contributed by atoms with E-state index in [-0.39, 0.29) is 18.7 Å². The molecule has 0 fully saturated rings. The second-order valence-corrected chi connectivity index (χ2v) is 5.82. The lowest BCUT2D eigenvalue weighted by molar-refractivity contribution is -0.150. The van der Waals surface area contributed by atoms with Crippen LogP contribution < -0.4 is 0 Å². The summed E-state index contributed by atoms with van der Waals surface area (Å²) in [6.45, 7) is 2.68. The molecule has 5 nitrogen and oxygen atoms in total. The first-order valence-electron chi connectivity index (χ1n) is 7.97. The summed E-state index contributed by atoms with van der Waals surface area (Å²) in [6.07, 6.45) is -0.897. The van der Waals surface area contributed by atoms with Crippen molar-refractivity contribution >= 4 is 12.1 Å². The molecule has 26 heavy (non-hydrogen) atoms. The normalized spacial score (nSPS) is 12.9. The molecule has 0 bridgehead atoms. The number of benzene rings is 2. The monoisotopic (exact) mass is 363 g/mol. The molecule has 7 heteroatoms. The minimum Gasteiger partial charge on any atom is -0.479 e. The van der Waals surface area contributed by atoms with Crippen molar-refractivity contribution in [2.75, 3.05) is 6.54 Å². The van der Waals surface area contributed by atoms with E-state index in [0.29, 0.717) is 6.07 Å². The fourth-order valence-electron chi connectivity index (χ4n) is 2.65. The number of rotatable bonds is 6. The first-order chi connectivity index (χ1) is 12.3. The van der Waals surface area contributed by atoms with E-state index >= 15 is 0 Å². The summed E-state index contributed by atoms with van der Waals surface area (Å²) in [4.78, 5) is 25.3. The second kappa shape index (κ2) is 7.95. The minimum atomic E-state index is -1.99. The van der Waals surface area contributed by atoms with Crippen molar-refractivity contribution < 1.29 is 28.2 Å². The van der Waals surface area contributed by atoms with Gasteiger partial charge in [0.05, 0.1) is 0 Å². The molecule has 0 aliphatic carbocycles. The summed E-state index contributed by atoms with van der Waals surface area (Å²) in [7, 11) is 0. The highest BCUT2D eigenvalue weighted by atomic mass is 19.1. The predicted octanol–water partition coefficient (Wildman–Crippen LogP) is 3.92. The number of nitrogens with zero attached hydrogens (tertiary/aromatic N) is 1. The van der Waals surface area contributed by atoms with Gasteiger partial charge in [-0.25, -0.2) is 18.4 Å². The number of hydrogen-bond acceptors (Lipinski definition) is 3. The second-order valence-electron chi connectivity index (χ2n) is 5.82. The highest BCUT2D eigenvalue weighted by Crippen LogP contribution is 2.31. The Kier molecular flexibility index (Phi) is 5.92. The molecule has 0 saturated carbocycles. The van der Waals surface area contributed by atoms with Gasteiger partial charge in [0.25, 0.3) is 0 Å². The number of carbonyl (C=O) groups is 2. The van der Waals surface area contributed by atoms with Crippen molar-refractivity contribution in [1.29, 1.82) is 0 Å². The van der Waals surface area contributed by atoms with E-state index in [0.717, 1.165) is 22.6 Å². The molecule has 0 aliphatic rings. The molecule has 0 spiro atoms. The zero-order valence-corrected chi connectivity index (χ0v) is 14.4. The Morgan fingerprint density at radius 2 is 1.69 bits per heavy atom. The van der Waals surface area contributed by atoms with Crippen LogP contribution in [0.3, 0.4) is 0 Å². The van der Waals surface area contributed by atoms with Gasteiger partial charge in [0.15, 0.2) is 5.54 Å². The third-order valence-corrected chi connectivity index (χ3v) is 4.12. The topological polar surface area (TPSA) is 66.8 Å². The fourth-order valence-corrected chi connectivity index (χ4v) is 2.65. The molecule has 2 aromatic rings. The lowest BCUT2D eigenvalue weighted by atomic mass is 9.90. The zero-order chi connectivity index (χ0) is 19.3. The molecule has 0 aliphatic heterocycles. The summed E-state index contributed by atoms with van der Waals surface area (Å²) in [5, 5.41) is 9.71. The Morgan fingerprint density at radius 1 is 1.12 bits per heavy atom. The molecular formula is C19H19F2NO4. The van der Waals surface area contributed by atoms with Gasteiger partial charge >= 0.3 is 12.1 Å². The quantitative estimate of drug-likeness (QED) is 0.845. The van der Waals surface area contributed by atoms with Crippen molar-refractivity contribution in [2.24, 2.45) is 0 Å². The van der Waals surface area contributed by atoms with Gasteiger partial charge in [-0.3, -0.25) is 4.90 Å². The van der Waals surface area contributed by atoms with E-state index in [1.807, 2.05) is 6.07 Å². The van der Waals surface area contributed by atoms with Crippen LogP contribution in [0.5, 0.6) is 0 Å². The van der Waals surface area contributed by atoms with E-state index < -0.39 is 29.2 Å². The summed E-state index contributed by atoms with van der Waals surface area (Å²) < 4.78 is 32.4. The van der Waals surface area contributed by atoms with Crippen LogP contribution in [0.2, 0.25) is 0 Å². The third kappa shape index (κ3) is 3.99. The fraction of sp³-hybridized carbons (Fsp3) is 0.263. The third-order valence-electron chi connectivity index (χ3n) is 4.12. The lowest BCUT2D eigenvalue weighted by Crippen LogP contribution is -2.52. The summed E-state index contributed by atoms with van der Waals surface area (Å²) in [5.74, 6) is -3.29. The first kappa shape index (κ1) is 19.4. The Morgan fingerprint density at radius 3 is 2.19 bits per heavy atom. The van der Waals surface area contributed by atoms with Crippen LogP contribution in [-0.2, 0) is 21.7 Å². The number of carboxylic acids is 1. The van der Waals surface area contributed by atoms with Crippen LogP contribution in [-0.4, -0.2) is 28.6 Å². The summed E-state index contributed by atoms with van der Waals surface area (Å²) in [6, 6.07) is 11.3. The Hall–Kier alpha value is -2.96. The number of hydrogen-bond donors (Lipinski definition) is 1. The van der Waals surface area contributed by atoms with Crippen LogP contribution in [0.1, 0.15) is 25.0 Å². The van der Waals surface area contributed by atoms with Crippen molar-refractivity contribution in [3.05, 3.63) is 71.3 Å². The lowest BCUT2D eigenvalue weighted by Gasteiger charge is -2.36. The summed E-state index contributed by atoms with van der Waals surface area (Å²) in [5.41, 5.74) is -1.46. The number of carbonyl (C=O) groups excluding carboxylic acids is 1. The van der Waals surface area contributed by atoms with Crippen LogP contribution in [0.4, 0.5) is 13.6 Å². The van der Waals surface area contributed by atoms with Crippen LogP contribution in [0, 0.1) is 11.6 Å². The largest absolute Gasteiger partial charge is 0.479 e. The van der Waals surface area contributed by atoms with Crippen molar-refractivity contribution in [2.45, 2.75) is 26.0 Å². The zero-order valence-electron chi connectivity index (χ0n) is 14.4. The van der Waals surface area contributed by atoms with E-state index in [9.17, 15) is 23.5 Å². The van der Waals surface area contributed by atoms with Gasteiger partial charge in [0.2, 0.25) is 0 Å². The highest BCUT2D eigenvalue weighted by molar-refractivity contribution is 5.85. The molecule has 2 aromatic carbocycles. The van der Waals surface area contributed by atoms with Gasteiger partial charge in [-0.1, -0.05) is 30.3 Å². The number of ether oxygens (including phenoxy) is 1. The highest BCUT2D eigenvalue weighted by Gasteiger charge is 2.44. The van der Waals surface area contributed by atoms with Crippen LogP contribution in [0.25, 0.3) is 0 Å². The molecule has 1 unspecified atom stereocenters. The maximum atomic E-state index is 13.6. The van der Waals surface area contributed by atoms with Crippen molar-refractivity contribution in [1.82, 2.24) is 4.90 Å². The van der Waals surface area contributed by atoms with Gasteiger partial charge in [0.1, 0.15) is 18.2 Å². The number of likely N-dealkylation sites (N-methyl/N-ethyl adjacent to an activating group) is 1. The Bertz CT molecular complexity index is 777. The van der Waals surface area contributed by atoms with E-state index in [2.05, 4.69) is 0 Å². The molecule has 0 aromatic heterocycles. The number of carboxylic acid groups (broad SMARTS) is 1. The molecule has 1 amide bonds. The van der Waals surface area contributed by atoms with Gasteiger partial charge in [0, 0.05) is 12.6 Å². The number of aliphatic carboxylic acids is 1. The van der Waals surface area contributed by atoms with Crippen molar-refractivity contribution in [3.8, 4) is 0 Å². The maximum Gasteiger partial charge on any atom is 0.411 e.